The van der Waals surface area contributed by atoms with Gasteiger partial charge >= 0.3 is 10.2 Å². The van der Waals surface area contributed by atoms with Crippen LogP contribution in [0.2, 0.25) is 0 Å². The second-order valence-corrected chi connectivity index (χ2v) is 11.0. The summed E-state index contributed by atoms with van der Waals surface area (Å²) in [6.45, 7) is 7.83. The predicted molar refractivity (Wildman–Crippen MR) is 135 cm³/mol. The molecular weight excluding hydrogens is 452 g/mol. The van der Waals surface area contributed by atoms with Gasteiger partial charge in [-0.3, -0.25) is 9.59 Å². The van der Waals surface area contributed by atoms with Crippen LogP contribution >= 0.6 is 0 Å². The first kappa shape index (κ1) is 27.3. The van der Waals surface area contributed by atoms with Crippen LogP contribution in [0.5, 0.6) is 0 Å². The zero-order chi connectivity index (χ0) is 25.5. The van der Waals surface area contributed by atoms with E-state index in [0.717, 1.165) is 19.7 Å². The third kappa shape index (κ3) is 7.30. The van der Waals surface area contributed by atoms with E-state index in [2.05, 4.69) is 5.32 Å². The summed E-state index contributed by atoms with van der Waals surface area (Å²) in [5, 5.41) is 2.87. The molecular formula is C25H36N4O4S. The molecule has 9 heteroatoms. The Balaban J connectivity index is 2.40. The Morgan fingerprint density at radius 3 is 2.18 bits per heavy atom. The van der Waals surface area contributed by atoms with E-state index in [9.17, 15) is 18.0 Å². The number of amides is 2. The molecule has 2 rings (SSSR count). The van der Waals surface area contributed by atoms with Crippen molar-refractivity contribution in [2.24, 2.45) is 5.92 Å². The molecule has 8 nitrogen and oxygen atoms in total. The lowest BCUT2D eigenvalue weighted by Gasteiger charge is -2.33. The number of anilines is 1. The number of nitrogens with one attached hydrogen (secondary N) is 1. The van der Waals surface area contributed by atoms with Gasteiger partial charge in [0.25, 0.3) is 0 Å². The molecule has 2 amide bonds. The summed E-state index contributed by atoms with van der Waals surface area (Å²) in [5.74, 6) is -0.490. The smallest absolute Gasteiger partial charge is 0.304 e. The van der Waals surface area contributed by atoms with Crippen LogP contribution in [0.15, 0.2) is 54.6 Å². The highest BCUT2D eigenvalue weighted by molar-refractivity contribution is 7.90. The van der Waals surface area contributed by atoms with Gasteiger partial charge in [-0.1, -0.05) is 61.9 Å². The third-order valence-corrected chi connectivity index (χ3v) is 7.17. The maximum Gasteiger partial charge on any atom is 0.304 e. The van der Waals surface area contributed by atoms with Crippen molar-refractivity contribution in [1.82, 2.24) is 14.5 Å². The molecule has 0 unspecified atom stereocenters. The molecule has 0 aliphatic rings. The highest BCUT2D eigenvalue weighted by Crippen LogP contribution is 2.20. The second kappa shape index (κ2) is 12.0. The van der Waals surface area contributed by atoms with Gasteiger partial charge < -0.3 is 10.2 Å². The maximum absolute atomic E-state index is 13.6. The molecule has 186 valence electrons. The van der Waals surface area contributed by atoms with Crippen LogP contribution < -0.4 is 9.62 Å². The standard InChI is InChI=1S/C25H36N4O4S/c1-19(2)16-26-25(31)21(4)28(17-22-12-10-11-20(3)15-22)24(30)18-29(34(32,33)27(5)6)23-13-8-7-9-14-23/h7-15,19,21H,16-18H2,1-6H3,(H,26,31)/t21-/m1/s1. The Labute approximate surface area is 203 Å². The monoisotopic (exact) mass is 488 g/mol. The van der Waals surface area contributed by atoms with Gasteiger partial charge in [-0.05, 0) is 37.5 Å². The fraction of sp³-hybridized carbons (Fsp3) is 0.440. The molecule has 1 atom stereocenters. The van der Waals surface area contributed by atoms with Crippen molar-refractivity contribution >= 4 is 27.7 Å². The summed E-state index contributed by atoms with van der Waals surface area (Å²) >= 11 is 0. The number of hydrogen-bond acceptors (Lipinski definition) is 4. The fourth-order valence-corrected chi connectivity index (χ4v) is 4.41. The first-order valence-electron chi connectivity index (χ1n) is 11.3. The number of rotatable bonds is 11. The summed E-state index contributed by atoms with van der Waals surface area (Å²) in [4.78, 5) is 27.9. The first-order chi connectivity index (χ1) is 15.9. The summed E-state index contributed by atoms with van der Waals surface area (Å²) < 4.78 is 28.3. The lowest BCUT2D eigenvalue weighted by molar-refractivity contribution is -0.139. The van der Waals surface area contributed by atoms with Crippen molar-refractivity contribution in [3.05, 3.63) is 65.7 Å². The Bertz CT molecular complexity index is 1070. The minimum Gasteiger partial charge on any atom is -0.354 e. The Kier molecular flexibility index (Phi) is 9.64. The highest BCUT2D eigenvalue weighted by Gasteiger charge is 2.32. The number of hydrogen-bond donors (Lipinski definition) is 1. The van der Waals surface area contributed by atoms with E-state index in [4.69, 9.17) is 0 Å². The van der Waals surface area contributed by atoms with Crippen LogP contribution in [0, 0.1) is 12.8 Å². The second-order valence-electron chi connectivity index (χ2n) is 8.96. The number of para-hydroxylation sites is 1. The Hall–Kier alpha value is -2.91. The fourth-order valence-electron chi connectivity index (χ4n) is 3.35. The molecule has 0 bridgehead atoms. The van der Waals surface area contributed by atoms with Gasteiger partial charge in [-0.2, -0.15) is 12.7 Å². The lowest BCUT2D eigenvalue weighted by atomic mass is 10.1. The van der Waals surface area contributed by atoms with E-state index in [1.165, 1.54) is 19.0 Å². The largest absolute Gasteiger partial charge is 0.354 e. The quantitative estimate of drug-likeness (QED) is 0.527. The van der Waals surface area contributed by atoms with E-state index in [-0.39, 0.29) is 18.4 Å². The van der Waals surface area contributed by atoms with E-state index in [1.807, 2.05) is 45.0 Å². The molecule has 34 heavy (non-hydrogen) atoms. The van der Waals surface area contributed by atoms with E-state index in [0.29, 0.717) is 12.2 Å². The summed E-state index contributed by atoms with van der Waals surface area (Å²) in [7, 11) is -1.11. The Morgan fingerprint density at radius 2 is 1.62 bits per heavy atom. The minimum atomic E-state index is -3.95. The molecule has 0 saturated carbocycles. The normalized spacial score (nSPS) is 12.5. The van der Waals surface area contributed by atoms with Crippen molar-refractivity contribution in [3.63, 3.8) is 0 Å². The first-order valence-corrected chi connectivity index (χ1v) is 12.7. The van der Waals surface area contributed by atoms with Crippen molar-refractivity contribution in [1.29, 1.82) is 0 Å². The number of nitrogens with zero attached hydrogens (tertiary/aromatic N) is 3. The average molecular weight is 489 g/mol. The molecule has 0 aliphatic carbocycles. The number of carbonyl (C=O) groups is 2. The molecule has 0 aromatic heterocycles. The van der Waals surface area contributed by atoms with E-state index in [1.54, 1.807) is 37.3 Å². The van der Waals surface area contributed by atoms with Gasteiger partial charge in [0.2, 0.25) is 11.8 Å². The lowest BCUT2D eigenvalue weighted by Crippen LogP contribution is -2.52. The van der Waals surface area contributed by atoms with Gasteiger partial charge in [-0.25, -0.2) is 4.31 Å². The molecule has 0 radical (unpaired) electrons. The molecule has 2 aromatic rings. The van der Waals surface area contributed by atoms with Gasteiger partial charge in [0.15, 0.2) is 0 Å². The molecule has 0 spiro atoms. The zero-order valence-corrected chi connectivity index (χ0v) is 21.7. The van der Waals surface area contributed by atoms with Gasteiger partial charge in [-0.15, -0.1) is 0 Å². The van der Waals surface area contributed by atoms with Crippen molar-refractivity contribution in [2.45, 2.75) is 40.3 Å². The van der Waals surface area contributed by atoms with Crippen LogP contribution in [0.1, 0.15) is 31.9 Å². The summed E-state index contributed by atoms with van der Waals surface area (Å²) in [5.41, 5.74) is 2.26. The number of aryl methyl sites for hydroxylation is 1. The highest BCUT2D eigenvalue weighted by atomic mass is 32.2. The predicted octanol–water partition coefficient (Wildman–Crippen LogP) is 2.80. The molecule has 0 saturated heterocycles. The molecule has 1 N–H and O–H groups in total. The van der Waals surface area contributed by atoms with Gasteiger partial charge in [0.05, 0.1) is 5.69 Å². The van der Waals surface area contributed by atoms with Crippen LogP contribution in [0.25, 0.3) is 0 Å². The van der Waals surface area contributed by atoms with Crippen molar-refractivity contribution < 1.29 is 18.0 Å². The number of carbonyl (C=O) groups excluding carboxylic acids is 2. The van der Waals surface area contributed by atoms with E-state index < -0.39 is 28.7 Å². The SMILES string of the molecule is Cc1cccc(CN(C(=O)CN(c2ccccc2)S(=O)(=O)N(C)C)[C@H](C)C(=O)NCC(C)C)c1. The van der Waals surface area contributed by atoms with Crippen LogP contribution in [0.3, 0.4) is 0 Å². The molecule has 2 aromatic carbocycles. The molecule has 0 aliphatic heterocycles. The number of benzene rings is 2. The Morgan fingerprint density at radius 1 is 0.971 bits per heavy atom. The molecule has 0 fully saturated rings. The van der Waals surface area contributed by atoms with Crippen LogP contribution in [0.4, 0.5) is 5.69 Å². The average Bonchev–Trinajstić information content (AvgIpc) is 2.79. The van der Waals surface area contributed by atoms with Crippen molar-refractivity contribution in [3.8, 4) is 0 Å². The van der Waals surface area contributed by atoms with Gasteiger partial charge in [0, 0.05) is 27.2 Å². The van der Waals surface area contributed by atoms with Crippen LogP contribution in [-0.4, -0.2) is 62.7 Å². The summed E-state index contributed by atoms with van der Waals surface area (Å²) in [6.07, 6.45) is 0. The van der Waals surface area contributed by atoms with Crippen molar-refractivity contribution in [2.75, 3.05) is 31.5 Å². The maximum atomic E-state index is 13.6. The van der Waals surface area contributed by atoms with Crippen LogP contribution in [-0.2, 0) is 26.3 Å². The van der Waals surface area contributed by atoms with E-state index >= 15 is 0 Å². The summed E-state index contributed by atoms with van der Waals surface area (Å²) in [6, 6.07) is 15.4. The van der Waals surface area contributed by atoms with Gasteiger partial charge in [0.1, 0.15) is 12.6 Å². The molecule has 0 heterocycles. The topological polar surface area (TPSA) is 90.0 Å². The third-order valence-electron chi connectivity index (χ3n) is 5.35. The minimum absolute atomic E-state index is 0.182. The zero-order valence-electron chi connectivity index (χ0n) is 20.9.